The van der Waals surface area contributed by atoms with Crippen molar-refractivity contribution in [2.75, 3.05) is 12.3 Å². The fraction of sp³-hybridized carbons (Fsp3) is 0.100. The van der Waals surface area contributed by atoms with Gasteiger partial charge in [-0.3, -0.25) is 4.79 Å². The van der Waals surface area contributed by atoms with Gasteiger partial charge in [0.2, 0.25) is 10.0 Å². The van der Waals surface area contributed by atoms with Crippen molar-refractivity contribution >= 4 is 21.7 Å². The highest BCUT2D eigenvalue weighted by Gasteiger charge is 2.18. The topological polar surface area (TPSA) is 128 Å². The van der Waals surface area contributed by atoms with Gasteiger partial charge >= 0.3 is 0 Å². The maximum atomic E-state index is 11.9. The lowest BCUT2D eigenvalue weighted by molar-refractivity contribution is 0.0946. The molecule has 8 heteroatoms. The third-order valence-electron chi connectivity index (χ3n) is 4.76. The minimum Gasteiger partial charge on any atom is -0.383 e. The maximum Gasteiger partial charge on any atom is 0.251 e. The molecule has 2 heterocycles. The summed E-state index contributed by atoms with van der Waals surface area (Å²) in [5, 5.41) is 8.05. The van der Waals surface area contributed by atoms with Crippen LogP contribution in [0.2, 0.25) is 0 Å². The Hall–Kier alpha value is -3.23. The van der Waals surface area contributed by atoms with Gasteiger partial charge in [0, 0.05) is 29.4 Å². The van der Waals surface area contributed by atoms with Gasteiger partial charge in [-0.15, -0.1) is 0 Å². The Morgan fingerprint density at radius 1 is 0.964 bits per heavy atom. The monoisotopic (exact) mass is 394 g/mol. The van der Waals surface area contributed by atoms with Crippen LogP contribution in [-0.2, 0) is 16.4 Å². The predicted molar refractivity (Wildman–Crippen MR) is 107 cm³/mol. The largest absolute Gasteiger partial charge is 0.383 e. The van der Waals surface area contributed by atoms with Crippen LogP contribution in [0.25, 0.3) is 22.3 Å². The van der Waals surface area contributed by atoms with Gasteiger partial charge in [0.15, 0.2) is 0 Å². The molecule has 0 saturated heterocycles. The van der Waals surface area contributed by atoms with E-state index in [9.17, 15) is 13.2 Å². The highest BCUT2D eigenvalue weighted by atomic mass is 32.2. The highest BCUT2D eigenvalue weighted by Crippen LogP contribution is 2.32. The van der Waals surface area contributed by atoms with E-state index in [4.69, 9.17) is 10.9 Å². The molecule has 1 aromatic heterocycles. The molecule has 7 nitrogen and oxygen atoms in total. The lowest BCUT2D eigenvalue weighted by atomic mass is 9.94. The van der Waals surface area contributed by atoms with E-state index in [2.05, 4.69) is 10.3 Å². The standard InChI is InChI=1S/C20H18N4O3S/c21-19-18(13-4-5-17-14(8-13)6-7-23-20(17)25)10-15(11-24-19)12-2-1-3-16(9-12)28(22,26)27/h1-5,8-11H,6-7H2,(H2,21,24)(H,23,25)(H2,22,26,27). The van der Waals surface area contributed by atoms with E-state index in [-0.39, 0.29) is 10.8 Å². The lowest BCUT2D eigenvalue weighted by Gasteiger charge is -2.18. The van der Waals surface area contributed by atoms with Gasteiger partial charge in [0.25, 0.3) is 5.91 Å². The summed E-state index contributed by atoms with van der Waals surface area (Å²) in [6, 6.07) is 13.8. The number of benzene rings is 2. The van der Waals surface area contributed by atoms with Crippen molar-refractivity contribution < 1.29 is 13.2 Å². The van der Waals surface area contributed by atoms with Gasteiger partial charge in [0.05, 0.1) is 4.90 Å². The molecular formula is C20H18N4O3S. The van der Waals surface area contributed by atoms with Gasteiger partial charge in [0.1, 0.15) is 5.82 Å². The average molecular weight is 394 g/mol. The number of sulfonamides is 1. The number of primary sulfonamides is 1. The van der Waals surface area contributed by atoms with Gasteiger partial charge in [-0.2, -0.15) is 0 Å². The number of hydrogen-bond acceptors (Lipinski definition) is 5. The number of carbonyl (C=O) groups is 1. The summed E-state index contributed by atoms with van der Waals surface area (Å²) < 4.78 is 23.3. The molecule has 5 N–H and O–H groups in total. The van der Waals surface area contributed by atoms with Crippen molar-refractivity contribution in [1.29, 1.82) is 0 Å². The number of carbonyl (C=O) groups excluding carboxylic acids is 1. The zero-order valence-corrected chi connectivity index (χ0v) is 15.7. The number of fused-ring (bicyclic) bond motifs is 1. The molecule has 1 amide bonds. The van der Waals surface area contributed by atoms with Crippen LogP contribution in [0.3, 0.4) is 0 Å². The summed E-state index contributed by atoms with van der Waals surface area (Å²) >= 11 is 0. The maximum absolute atomic E-state index is 11.9. The Morgan fingerprint density at radius 3 is 2.57 bits per heavy atom. The van der Waals surface area contributed by atoms with Crippen LogP contribution in [-0.4, -0.2) is 25.9 Å². The Labute approximate surface area is 162 Å². The Bertz CT molecular complexity index is 1210. The van der Waals surface area contributed by atoms with Gasteiger partial charge in [-0.25, -0.2) is 18.5 Å². The molecule has 0 atom stereocenters. The first-order valence-electron chi connectivity index (χ1n) is 8.63. The summed E-state index contributed by atoms with van der Waals surface area (Å²) in [6.45, 7) is 0.601. The number of nitrogens with two attached hydrogens (primary N) is 2. The summed E-state index contributed by atoms with van der Waals surface area (Å²) in [7, 11) is -3.80. The molecule has 0 aliphatic carbocycles. The molecule has 1 aliphatic rings. The van der Waals surface area contributed by atoms with Crippen molar-refractivity contribution in [3.63, 3.8) is 0 Å². The highest BCUT2D eigenvalue weighted by molar-refractivity contribution is 7.89. The molecule has 0 saturated carbocycles. The summed E-state index contributed by atoms with van der Waals surface area (Å²) in [5.41, 5.74) is 10.7. The number of nitrogens with one attached hydrogen (secondary N) is 1. The number of rotatable bonds is 3. The van der Waals surface area contributed by atoms with E-state index >= 15 is 0 Å². The Morgan fingerprint density at radius 2 is 1.79 bits per heavy atom. The van der Waals surface area contributed by atoms with Crippen LogP contribution >= 0.6 is 0 Å². The fourth-order valence-corrected chi connectivity index (χ4v) is 3.87. The molecular weight excluding hydrogens is 376 g/mol. The fourth-order valence-electron chi connectivity index (χ4n) is 3.31. The zero-order chi connectivity index (χ0) is 19.9. The van der Waals surface area contributed by atoms with E-state index < -0.39 is 10.0 Å². The van der Waals surface area contributed by atoms with E-state index in [1.807, 2.05) is 18.2 Å². The van der Waals surface area contributed by atoms with E-state index in [0.29, 0.717) is 34.6 Å². The van der Waals surface area contributed by atoms with Gasteiger partial charge < -0.3 is 11.1 Å². The van der Waals surface area contributed by atoms with Crippen LogP contribution in [0, 0.1) is 0 Å². The molecule has 0 spiro atoms. The van der Waals surface area contributed by atoms with Crippen LogP contribution in [0.15, 0.2) is 59.6 Å². The second-order valence-electron chi connectivity index (χ2n) is 6.61. The van der Waals surface area contributed by atoms with Crippen molar-refractivity contribution in [3.8, 4) is 22.3 Å². The van der Waals surface area contributed by atoms with E-state index in [1.54, 1.807) is 24.4 Å². The minimum absolute atomic E-state index is 0.0307. The SMILES string of the molecule is Nc1ncc(-c2cccc(S(N)(=O)=O)c2)cc1-c1ccc2c(c1)CCNC2=O. The van der Waals surface area contributed by atoms with Crippen molar-refractivity contribution in [2.24, 2.45) is 5.14 Å². The van der Waals surface area contributed by atoms with Crippen molar-refractivity contribution in [2.45, 2.75) is 11.3 Å². The van der Waals surface area contributed by atoms with Gasteiger partial charge in [-0.1, -0.05) is 24.3 Å². The normalized spacial score (nSPS) is 13.7. The molecule has 3 aromatic rings. The van der Waals surface area contributed by atoms with Crippen LogP contribution < -0.4 is 16.2 Å². The third kappa shape index (κ3) is 3.35. The van der Waals surface area contributed by atoms with E-state index in [1.165, 1.54) is 12.1 Å². The number of aromatic nitrogens is 1. The first kappa shape index (κ1) is 18.1. The molecule has 4 rings (SSSR count). The Kier molecular flexibility index (Phi) is 4.37. The molecule has 28 heavy (non-hydrogen) atoms. The molecule has 0 fully saturated rings. The Balaban J connectivity index is 1.80. The van der Waals surface area contributed by atoms with Crippen molar-refractivity contribution in [3.05, 3.63) is 65.9 Å². The quantitative estimate of drug-likeness (QED) is 0.625. The number of anilines is 1. The molecule has 1 aliphatic heterocycles. The second-order valence-corrected chi connectivity index (χ2v) is 8.17. The van der Waals surface area contributed by atoms with Crippen LogP contribution in [0.5, 0.6) is 0 Å². The summed E-state index contributed by atoms with van der Waals surface area (Å²) in [4.78, 5) is 16.2. The second kappa shape index (κ2) is 6.74. The number of nitrogen functional groups attached to an aromatic ring is 1. The van der Waals surface area contributed by atoms with Crippen LogP contribution in [0.4, 0.5) is 5.82 Å². The number of amides is 1. The predicted octanol–water partition coefficient (Wildman–Crippen LogP) is 1.93. The number of hydrogen-bond donors (Lipinski definition) is 3. The lowest BCUT2D eigenvalue weighted by Crippen LogP contribution is -2.31. The summed E-state index contributed by atoms with van der Waals surface area (Å²) in [5.74, 6) is 0.277. The number of nitrogens with zero attached hydrogens (tertiary/aromatic N) is 1. The molecule has 0 radical (unpaired) electrons. The molecule has 142 valence electrons. The zero-order valence-electron chi connectivity index (χ0n) is 14.8. The molecule has 0 unspecified atom stereocenters. The molecule has 0 bridgehead atoms. The van der Waals surface area contributed by atoms with Crippen LogP contribution in [0.1, 0.15) is 15.9 Å². The smallest absolute Gasteiger partial charge is 0.251 e. The minimum atomic E-state index is -3.80. The first-order chi connectivity index (χ1) is 13.3. The van der Waals surface area contributed by atoms with E-state index in [0.717, 1.165) is 17.5 Å². The number of pyridine rings is 1. The van der Waals surface area contributed by atoms with Gasteiger partial charge in [-0.05, 0) is 47.4 Å². The average Bonchev–Trinajstić information content (AvgIpc) is 2.68. The molecule has 2 aromatic carbocycles. The first-order valence-corrected chi connectivity index (χ1v) is 10.2. The third-order valence-corrected chi connectivity index (χ3v) is 5.67. The summed E-state index contributed by atoms with van der Waals surface area (Å²) in [6.07, 6.45) is 2.34. The van der Waals surface area contributed by atoms with Crippen molar-refractivity contribution in [1.82, 2.24) is 10.3 Å².